The Morgan fingerprint density at radius 2 is 2.25 bits per heavy atom. The van der Waals surface area contributed by atoms with Crippen LogP contribution in [-0.2, 0) is 16.1 Å². The number of morpholine rings is 1. The summed E-state index contributed by atoms with van der Waals surface area (Å²) in [5, 5.41) is 8.98. The van der Waals surface area contributed by atoms with Crippen molar-refractivity contribution >= 4 is 11.9 Å². The lowest BCUT2D eigenvalue weighted by Gasteiger charge is -2.38. The first-order valence-electron chi connectivity index (χ1n) is 6.39. The van der Waals surface area contributed by atoms with Gasteiger partial charge in [-0.15, -0.1) is 0 Å². The lowest BCUT2D eigenvalue weighted by atomic mass is 10.0. The summed E-state index contributed by atoms with van der Waals surface area (Å²) < 4.78 is 5.45. The van der Waals surface area contributed by atoms with Gasteiger partial charge >= 0.3 is 5.97 Å². The molecule has 1 aromatic rings. The molecule has 1 aromatic carbocycles. The average molecular weight is 278 g/mol. The van der Waals surface area contributed by atoms with Gasteiger partial charge in [0.1, 0.15) is 0 Å². The van der Waals surface area contributed by atoms with Gasteiger partial charge in [0.2, 0.25) is 0 Å². The Bertz CT molecular complexity index is 532. The summed E-state index contributed by atoms with van der Waals surface area (Å²) in [5.41, 5.74) is 5.51. The predicted molar refractivity (Wildman–Crippen MR) is 72.2 cm³/mol. The molecule has 1 aliphatic rings. The zero-order valence-corrected chi connectivity index (χ0v) is 11.3. The van der Waals surface area contributed by atoms with Gasteiger partial charge in [-0.1, -0.05) is 12.1 Å². The normalized spacial score (nSPS) is 23.4. The maximum absolute atomic E-state index is 11.4. The molecule has 1 saturated heterocycles. The van der Waals surface area contributed by atoms with Crippen molar-refractivity contribution in [3.63, 3.8) is 0 Å². The summed E-state index contributed by atoms with van der Waals surface area (Å²) in [6, 6.07) is 6.77. The van der Waals surface area contributed by atoms with E-state index in [4.69, 9.17) is 15.6 Å². The minimum Gasteiger partial charge on any atom is -0.478 e. The van der Waals surface area contributed by atoms with E-state index in [0.29, 0.717) is 26.2 Å². The third kappa shape index (κ3) is 3.15. The number of carboxylic acids is 1. The van der Waals surface area contributed by atoms with Gasteiger partial charge in [0.15, 0.2) is 5.60 Å². The molecule has 1 aliphatic heterocycles. The Morgan fingerprint density at radius 3 is 2.90 bits per heavy atom. The molecular formula is C14H18N2O4. The van der Waals surface area contributed by atoms with E-state index >= 15 is 0 Å². The van der Waals surface area contributed by atoms with Crippen LogP contribution in [0, 0.1) is 0 Å². The maximum atomic E-state index is 11.4. The minimum atomic E-state index is -0.983. The average Bonchev–Trinajstić information content (AvgIpc) is 2.39. The Kier molecular flexibility index (Phi) is 4.06. The van der Waals surface area contributed by atoms with E-state index in [2.05, 4.69) is 0 Å². The first kappa shape index (κ1) is 14.5. The molecular weight excluding hydrogens is 260 g/mol. The van der Waals surface area contributed by atoms with E-state index in [1.807, 2.05) is 11.0 Å². The van der Waals surface area contributed by atoms with Crippen LogP contribution in [0.5, 0.6) is 0 Å². The minimum absolute atomic E-state index is 0.258. The smallest absolute Gasteiger partial charge is 0.335 e. The number of hydrogen-bond donors (Lipinski definition) is 2. The van der Waals surface area contributed by atoms with Crippen LogP contribution in [-0.4, -0.2) is 47.2 Å². The fourth-order valence-corrected chi connectivity index (χ4v) is 2.30. The first-order chi connectivity index (χ1) is 9.40. The molecule has 0 aliphatic carbocycles. The van der Waals surface area contributed by atoms with E-state index in [9.17, 15) is 9.59 Å². The van der Waals surface area contributed by atoms with Gasteiger partial charge in [-0.2, -0.15) is 0 Å². The Balaban J connectivity index is 2.08. The molecule has 1 heterocycles. The number of amides is 1. The largest absolute Gasteiger partial charge is 0.478 e. The second-order valence-corrected chi connectivity index (χ2v) is 5.16. The van der Waals surface area contributed by atoms with E-state index in [-0.39, 0.29) is 5.56 Å². The Hall–Kier alpha value is -1.92. The fourth-order valence-electron chi connectivity index (χ4n) is 2.30. The molecule has 0 saturated carbocycles. The molecule has 2 rings (SSSR count). The van der Waals surface area contributed by atoms with Crippen LogP contribution in [0.4, 0.5) is 0 Å². The highest BCUT2D eigenvalue weighted by Gasteiger charge is 2.37. The number of nitrogens with two attached hydrogens (primary N) is 1. The van der Waals surface area contributed by atoms with Gasteiger partial charge in [0, 0.05) is 19.6 Å². The van der Waals surface area contributed by atoms with Crippen molar-refractivity contribution in [3.05, 3.63) is 35.4 Å². The molecule has 0 aromatic heterocycles. The second-order valence-electron chi connectivity index (χ2n) is 5.16. The highest BCUT2D eigenvalue weighted by Crippen LogP contribution is 2.19. The third-order valence-corrected chi connectivity index (χ3v) is 3.45. The van der Waals surface area contributed by atoms with Crippen molar-refractivity contribution in [2.75, 3.05) is 19.7 Å². The lowest BCUT2D eigenvalue weighted by molar-refractivity contribution is -0.153. The predicted octanol–water partition coefficient (Wildman–Crippen LogP) is 0.461. The van der Waals surface area contributed by atoms with E-state index < -0.39 is 17.5 Å². The first-order valence-corrected chi connectivity index (χ1v) is 6.39. The molecule has 6 heteroatoms. The van der Waals surface area contributed by atoms with E-state index in [1.165, 1.54) is 0 Å². The molecule has 6 nitrogen and oxygen atoms in total. The Morgan fingerprint density at radius 1 is 1.50 bits per heavy atom. The van der Waals surface area contributed by atoms with E-state index in [0.717, 1.165) is 5.56 Å². The number of carbonyl (C=O) groups excluding carboxylic acids is 1. The number of carboxylic acid groups (broad SMARTS) is 1. The molecule has 1 unspecified atom stereocenters. The van der Waals surface area contributed by atoms with Gasteiger partial charge in [0.05, 0.1) is 12.2 Å². The summed E-state index contributed by atoms with van der Waals surface area (Å²) in [6.07, 6.45) is 0. The van der Waals surface area contributed by atoms with Crippen LogP contribution < -0.4 is 5.73 Å². The van der Waals surface area contributed by atoms with Crippen LogP contribution in [0.3, 0.4) is 0 Å². The number of hydrogen-bond acceptors (Lipinski definition) is 4. The summed E-state index contributed by atoms with van der Waals surface area (Å²) in [6.45, 7) is 3.75. The van der Waals surface area contributed by atoms with Crippen molar-refractivity contribution in [1.29, 1.82) is 0 Å². The van der Waals surface area contributed by atoms with Crippen molar-refractivity contribution < 1.29 is 19.4 Å². The topological polar surface area (TPSA) is 92.9 Å². The van der Waals surface area contributed by atoms with Gasteiger partial charge in [-0.25, -0.2) is 4.79 Å². The molecule has 0 spiro atoms. The second kappa shape index (κ2) is 5.60. The zero-order valence-electron chi connectivity index (χ0n) is 11.3. The van der Waals surface area contributed by atoms with Gasteiger partial charge < -0.3 is 15.6 Å². The summed E-state index contributed by atoms with van der Waals surface area (Å²) >= 11 is 0. The highest BCUT2D eigenvalue weighted by molar-refractivity contribution is 5.87. The van der Waals surface area contributed by atoms with Crippen molar-refractivity contribution in [2.24, 2.45) is 5.73 Å². The molecule has 0 bridgehead atoms. The standard InChI is InChI=1S/C14H18N2O4/c1-14(13(15)19)9-16(5-6-20-14)8-10-3-2-4-11(7-10)12(17)18/h2-4,7H,5-6,8-9H2,1H3,(H2,15,19)(H,17,18). The number of carbonyl (C=O) groups is 2. The Labute approximate surface area is 117 Å². The van der Waals surface area contributed by atoms with Gasteiger partial charge in [-0.3, -0.25) is 9.69 Å². The molecule has 1 fully saturated rings. The van der Waals surface area contributed by atoms with Crippen molar-refractivity contribution in [3.8, 4) is 0 Å². The summed E-state index contributed by atoms with van der Waals surface area (Å²) in [7, 11) is 0. The number of primary amides is 1. The monoisotopic (exact) mass is 278 g/mol. The van der Waals surface area contributed by atoms with Crippen LogP contribution in [0.25, 0.3) is 0 Å². The van der Waals surface area contributed by atoms with E-state index in [1.54, 1.807) is 25.1 Å². The summed E-state index contributed by atoms with van der Waals surface area (Å²) in [4.78, 5) is 24.4. The highest BCUT2D eigenvalue weighted by atomic mass is 16.5. The number of benzene rings is 1. The number of rotatable bonds is 4. The molecule has 1 atom stereocenters. The van der Waals surface area contributed by atoms with Crippen molar-refractivity contribution in [1.82, 2.24) is 4.90 Å². The van der Waals surface area contributed by atoms with Gasteiger partial charge in [-0.05, 0) is 24.6 Å². The summed E-state index contributed by atoms with van der Waals surface area (Å²) in [5.74, 6) is -1.43. The third-order valence-electron chi connectivity index (χ3n) is 3.45. The number of aromatic carboxylic acids is 1. The van der Waals surface area contributed by atoms with Crippen LogP contribution >= 0.6 is 0 Å². The number of nitrogens with zero attached hydrogens (tertiary/aromatic N) is 1. The molecule has 20 heavy (non-hydrogen) atoms. The number of ether oxygens (including phenoxy) is 1. The molecule has 0 radical (unpaired) electrons. The molecule has 1 amide bonds. The quantitative estimate of drug-likeness (QED) is 0.834. The molecule has 3 N–H and O–H groups in total. The van der Waals surface area contributed by atoms with Crippen LogP contribution in [0.15, 0.2) is 24.3 Å². The van der Waals surface area contributed by atoms with Crippen molar-refractivity contribution in [2.45, 2.75) is 19.1 Å². The maximum Gasteiger partial charge on any atom is 0.335 e. The molecule has 108 valence electrons. The van der Waals surface area contributed by atoms with Crippen LogP contribution in [0.2, 0.25) is 0 Å². The van der Waals surface area contributed by atoms with Gasteiger partial charge in [0.25, 0.3) is 5.91 Å². The SMILES string of the molecule is CC1(C(N)=O)CN(Cc2cccc(C(=O)O)c2)CCO1. The zero-order chi connectivity index (χ0) is 14.8. The van der Waals surface area contributed by atoms with Crippen LogP contribution in [0.1, 0.15) is 22.8 Å². The lowest BCUT2D eigenvalue weighted by Crippen LogP contribution is -2.56. The fraction of sp³-hybridized carbons (Fsp3) is 0.429.